The van der Waals surface area contributed by atoms with E-state index in [1.165, 1.54) is 5.56 Å². The Morgan fingerprint density at radius 1 is 1.20 bits per heavy atom. The number of nitrogens with one attached hydrogen (secondary N) is 1. The molecular weight excluding hydrogens is 250 g/mol. The molecule has 0 atom stereocenters. The lowest BCUT2D eigenvalue weighted by molar-refractivity contribution is 0.413. The molecule has 2 rings (SSSR count). The van der Waals surface area contributed by atoms with Crippen LogP contribution in [0.1, 0.15) is 24.5 Å². The summed E-state index contributed by atoms with van der Waals surface area (Å²) < 4.78 is 5.55. The van der Waals surface area contributed by atoms with Gasteiger partial charge in [0, 0.05) is 18.3 Å². The van der Waals surface area contributed by atoms with Gasteiger partial charge in [-0.05, 0) is 43.5 Å². The number of ether oxygens (including phenoxy) is 1. The molecule has 1 heterocycles. The Labute approximate surface area is 120 Å². The maximum absolute atomic E-state index is 5.55. The van der Waals surface area contributed by atoms with E-state index in [4.69, 9.17) is 4.74 Å². The van der Waals surface area contributed by atoms with Gasteiger partial charge in [0.25, 0.3) is 0 Å². The van der Waals surface area contributed by atoms with E-state index < -0.39 is 0 Å². The van der Waals surface area contributed by atoms with Gasteiger partial charge in [-0.1, -0.05) is 13.0 Å². The molecule has 106 valence electrons. The third-order valence-corrected chi connectivity index (χ3v) is 3.35. The van der Waals surface area contributed by atoms with Crippen LogP contribution in [0.25, 0.3) is 11.3 Å². The molecule has 4 heteroatoms. The number of hydrogen-bond acceptors (Lipinski definition) is 4. The number of aromatic nitrogens is 2. The summed E-state index contributed by atoms with van der Waals surface area (Å²) in [4.78, 5) is 8.79. The van der Waals surface area contributed by atoms with E-state index in [1.54, 1.807) is 13.3 Å². The van der Waals surface area contributed by atoms with Crippen molar-refractivity contribution in [3.8, 4) is 17.0 Å². The third-order valence-electron chi connectivity index (χ3n) is 3.35. The van der Waals surface area contributed by atoms with Crippen LogP contribution in [0.5, 0.6) is 5.75 Å². The van der Waals surface area contributed by atoms with E-state index in [0.29, 0.717) is 5.95 Å². The molecule has 1 aromatic heterocycles. The van der Waals surface area contributed by atoms with Gasteiger partial charge in [0.2, 0.25) is 5.95 Å². The summed E-state index contributed by atoms with van der Waals surface area (Å²) in [6.07, 6.45) is 2.81. The number of rotatable bonds is 5. The SMILES string of the molecule is CCCNc1nccc(-c2ccc(C)c(C)c2OC)n1. The summed E-state index contributed by atoms with van der Waals surface area (Å²) in [6.45, 7) is 7.13. The highest BCUT2D eigenvalue weighted by Crippen LogP contribution is 2.33. The predicted octanol–water partition coefficient (Wildman–Crippen LogP) is 3.59. The molecule has 0 amide bonds. The van der Waals surface area contributed by atoms with E-state index in [1.807, 2.05) is 12.1 Å². The third kappa shape index (κ3) is 2.90. The zero-order chi connectivity index (χ0) is 14.5. The van der Waals surface area contributed by atoms with Crippen molar-refractivity contribution < 1.29 is 4.74 Å². The highest BCUT2D eigenvalue weighted by Gasteiger charge is 2.12. The topological polar surface area (TPSA) is 47.0 Å². The minimum absolute atomic E-state index is 0.657. The molecule has 0 aliphatic carbocycles. The Kier molecular flexibility index (Phi) is 4.56. The van der Waals surface area contributed by atoms with E-state index in [2.05, 4.69) is 42.1 Å². The van der Waals surface area contributed by atoms with Gasteiger partial charge in [0.15, 0.2) is 0 Å². The van der Waals surface area contributed by atoms with Gasteiger partial charge in [-0.15, -0.1) is 0 Å². The molecule has 0 saturated carbocycles. The number of nitrogens with zero attached hydrogens (tertiary/aromatic N) is 2. The van der Waals surface area contributed by atoms with Crippen LogP contribution >= 0.6 is 0 Å². The monoisotopic (exact) mass is 271 g/mol. The normalized spacial score (nSPS) is 10.4. The van der Waals surface area contributed by atoms with Crippen molar-refractivity contribution in [2.24, 2.45) is 0 Å². The summed E-state index contributed by atoms with van der Waals surface area (Å²) in [7, 11) is 1.70. The number of anilines is 1. The van der Waals surface area contributed by atoms with E-state index in [-0.39, 0.29) is 0 Å². The highest BCUT2D eigenvalue weighted by atomic mass is 16.5. The molecule has 0 bridgehead atoms. The molecule has 4 nitrogen and oxygen atoms in total. The molecule has 1 N–H and O–H groups in total. The highest BCUT2D eigenvalue weighted by molar-refractivity contribution is 5.70. The van der Waals surface area contributed by atoms with Gasteiger partial charge in [-0.3, -0.25) is 0 Å². The largest absolute Gasteiger partial charge is 0.496 e. The Morgan fingerprint density at radius 3 is 2.70 bits per heavy atom. The summed E-state index contributed by atoms with van der Waals surface area (Å²) in [5, 5.41) is 3.20. The second-order valence-corrected chi connectivity index (χ2v) is 4.78. The molecule has 0 saturated heterocycles. The maximum atomic E-state index is 5.55. The van der Waals surface area contributed by atoms with Crippen molar-refractivity contribution in [3.63, 3.8) is 0 Å². The van der Waals surface area contributed by atoms with Gasteiger partial charge in [-0.25, -0.2) is 9.97 Å². The van der Waals surface area contributed by atoms with Gasteiger partial charge in [0.1, 0.15) is 5.75 Å². The summed E-state index contributed by atoms with van der Waals surface area (Å²) in [6, 6.07) is 6.05. The fourth-order valence-corrected chi connectivity index (χ4v) is 2.09. The lowest BCUT2D eigenvalue weighted by Gasteiger charge is -2.13. The molecule has 1 aromatic carbocycles. The van der Waals surface area contributed by atoms with Crippen LogP contribution in [0.4, 0.5) is 5.95 Å². The summed E-state index contributed by atoms with van der Waals surface area (Å²) in [5.41, 5.74) is 4.23. The van der Waals surface area contributed by atoms with Crippen LogP contribution in [0.2, 0.25) is 0 Å². The zero-order valence-corrected chi connectivity index (χ0v) is 12.5. The number of benzene rings is 1. The Morgan fingerprint density at radius 2 is 2.00 bits per heavy atom. The van der Waals surface area contributed by atoms with Crippen molar-refractivity contribution in [2.45, 2.75) is 27.2 Å². The van der Waals surface area contributed by atoms with Crippen molar-refractivity contribution in [3.05, 3.63) is 35.5 Å². The fourth-order valence-electron chi connectivity index (χ4n) is 2.09. The zero-order valence-electron chi connectivity index (χ0n) is 12.5. The van der Waals surface area contributed by atoms with Crippen molar-refractivity contribution >= 4 is 5.95 Å². The fraction of sp³-hybridized carbons (Fsp3) is 0.375. The Hall–Kier alpha value is -2.10. The van der Waals surface area contributed by atoms with E-state index >= 15 is 0 Å². The smallest absolute Gasteiger partial charge is 0.223 e. The van der Waals surface area contributed by atoms with Crippen molar-refractivity contribution in [1.82, 2.24) is 9.97 Å². The first kappa shape index (κ1) is 14.3. The minimum Gasteiger partial charge on any atom is -0.496 e. The van der Waals surface area contributed by atoms with E-state index in [9.17, 15) is 0 Å². The number of hydrogen-bond donors (Lipinski definition) is 1. The average molecular weight is 271 g/mol. The quantitative estimate of drug-likeness (QED) is 0.902. The molecular formula is C16H21N3O. The summed E-state index contributed by atoms with van der Waals surface area (Å²) >= 11 is 0. The van der Waals surface area contributed by atoms with Crippen LogP contribution in [0.15, 0.2) is 24.4 Å². The second-order valence-electron chi connectivity index (χ2n) is 4.78. The van der Waals surface area contributed by atoms with Gasteiger partial charge >= 0.3 is 0 Å². The lowest BCUT2D eigenvalue weighted by Crippen LogP contribution is -2.04. The van der Waals surface area contributed by atoms with Crippen LogP contribution in [-0.4, -0.2) is 23.6 Å². The predicted molar refractivity (Wildman–Crippen MR) is 82.3 cm³/mol. The van der Waals surface area contributed by atoms with Gasteiger partial charge in [0.05, 0.1) is 12.8 Å². The van der Waals surface area contributed by atoms with E-state index in [0.717, 1.165) is 35.5 Å². The first-order chi connectivity index (χ1) is 9.67. The molecule has 0 fully saturated rings. The van der Waals surface area contributed by atoms with Gasteiger partial charge in [-0.2, -0.15) is 0 Å². The summed E-state index contributed by atoms with van der Waals surface area (Å²) in [5.74, 6) is 1.54. The standard InChI is InChI=1S/C16H21N3O/c1-5-9-17-16-18-10-8-14(19-16)13-7-6-11(2)12(3)15(13)20-4/h6-8,10H,5,9H2,1-4H3,(H,17,18,19). The maximum Gasteiger partial charge on any atom is 0.223 e. The lowest BCUT2D eigenvalue weighted by atomic mass is 10.0. The van der Waals surface area contributed by atoms with Crippen molar-refractivity contribution in [1.29, 1.82) is 0 Å². The minimum atomic E-state index is 0.657. The first-order valence-corrected chi connectivity index (χ1v) is 6.88. The van der Waals surface area contributed by atoms with Gasteiger partial charge < -0.3 is 10.1 Å². The Bertz CT molecular complexity index is 596. The number of methoxy groups -OCH3 is 1. The second kappa shape index (κ2) is 6.37. The molecule has 20 heavy (non-hydrogen) atoms. The van der Waals surface area contributed by atoms with Crippen LogP contribution in [0, 0.1) is 13.8 Å². The number of aryl methyl sites for hydroxylation is 1. The van der Waals surface area contributed by atoms with Crippen molar-refractivity contribution in [2.75, 3.05) is 19.0 Å². The average Bonchev–Trinajstić information content (AvgIpc) is 2.48. The first-order valence-electron chi connectivity index (χ1n) is 6.88. The molecule has 0 unspecified atom stereocenters. The van der Waals surface area contributed by atoms with Crippen LogP contribution in [-0.2, 0) is 0 Å². The Balaban J connectivity index is 2.43. The van der Waals surface area contributed by atoms with Crippen LogP contribution in [0.3, 0.4) is 0 Å². The van der Waals surface area contributed by atoms with Crippen LogP contribution < -0.4 is 10.1 Å². The molecule has 2 aromatic rings. The molecule has 0 aliphatic heterocycles. The molecule has 0 spiro atoms. The molecule has 0 aliphatic rings. The molecule has 0 radical (unpaired) electrons.